The Morgan fingerprint density at radius 2 is 1.23 bits per heavy atom. The van der Waals surface area contributed by atoms with Crippen molar-refractivity contribution in [3.8, 4) is 0 Å². The van der Waals surface area contributed by atoms with Gasteiger partial charge in [-0.3, -0.25) is 0 Å². The van der Waals surface area contributed by atoms with Crippen molar-refractivity contribution in [2.24, 2.45) is 29.6 Å². The molecule has 1 heteroatoms. The van der Waals surface area contributed by atoms with Gasteiger partial charge in [-0.1, -0.05) is 108 Å². The zero-order valence-electron chi connectivity index (χ0n) is 15.1. The van der Waals surface area contributed by atoms with Crippen molar-refractivity contribution in [2.75, 3.05) is 0 Å². The Balaban J connectivity index is 1.53. The van der Waals surface area contributed by atoms with E-state index >= 15 is 0 Å². The van der Waals surface area contributed by atoms with Gasteiger partial charge in [-0.2, -0.15) is 0 Å². The van der Waals surface area contributed by atoms with Crippen LogP contribution in [0.1, 0.15) is 84.5 Å². The average Bonchev–Trinajstić information content (AvgIpc) is 2.61. The maximum atomic E-state index is 2.54. The van der Waals surface area contributed by atoms with Crippen molar-refractivity contribution in [3.05, 3.63) is 0 Å². The lowest BCUT2D eigenvalue weighted by molar-refractivity contribution is 0.152. The highest BCUT2D eigenvalue weighted by Crippen LogP contribution is 2.57. The topological polar surface area (TPSA) is 0 Å². The second-order valence-electron chi connectivity index (χ2n) is 9.77. The first-order valence-electron chi connectivity index (χ1n) is 10.7. The summed E-state index contributed by atoms with van der Waals surface area (Å²) < 4.78 is 0. The summed E-state index contributed by atoms with van der Waals surface area (Å²) in [6, 6.07) is 0. The SMILES string of the molecule is CCC(C)CB([C@H]1CC2CCC1CC2)[C@H]1CC2CCC1CC2. The summed E-state index contributed by atoms with van der Waals surface area (Å²) in [7, 11) is 0. The lowest BCUT2D eigenvalue weighted by atomic mass is 9.23. The van der Waals surface area contributed by atoms with Crippen LogP contribution >= 0.6 is 0 Å². The smallest absolute Gasteiger partial charge is 0.0711 e. The van der Waals surface area contributed by atoms with Gasteiger partial charge in [0.1, 0.15) is 6.71 Å². The molecule has 6 fully saturated rings. The van der Waals surface area contributed by atoms with Gasteiger partial charge in [0.15, 0.2) is 0 Å². The third kappa shape index (κ3) is 2.91. The van der Waals surface area contributed by atoms with Crippen molar-refractivity contribution >= 4 is 6.71 Å². The average molecular weight is 300 g/mol. The van der Waals surface area contributed by atoms with E-state index in [4.69, 9.17) is 0 Å². The third-order valence-corrected chi connectivity index (χ3v) is 8.68. The number of fused-ring (bicyclic) bond motifs is 6. The van der Waals surface area contributed by atoms with E-state index in [1.54, 1.807) is 70.5 Å². The molecule has 0 amide bonds. The molecule has 0 aromatic heterocycles. The van der Waals surface area contributed by atoms with E-state index in [1.807, 2.05) is 0 Å². The van der Waals surface area contributed by atoms with E-state index in [0.717, 1.165) is 47.9 Å². The van der Waals surface area contributed by atoms with E-state index in [-0.39, 0.29) is 0 Å². The highest BCUT2D eigenvalue weighted by molar-refractivity contribution is 6.62. The molecule has 1 unspecified atom stereocenters. The molecule has 0 spiro atoms. The van der Waals surface area contributed by atoms with Gasteiger partial charge in [-0.15, -0.1) is 0 Å². The van der Waals surface area contributed by atoms with Gasteiger partial charge >= 0.3 is 0 Å². The van der Waals surface area contributed by atoms with Crippen molar-refractivity contribution in [2.45, 2.75) is 102 Å². The van der Waals surface area contributed by atoms with Crippen molar-refractivity contribution in [1.82, 2.24) is 0 Å². The summed E-state index contributed by atoms with van der Waals surface area (Å²) in [6.45, 7) is 6.06. The lowest BCUT2D eigenvalue weighted by Crippen LogP contribution is -2.44. The largest absolute Gasteiger partial charge is 0.147 e. The predicted octanol–water partition coefficient (Wildman–Crippen LogP) is 6.69. The van der Waals surface area contributed by atoms with Crippen LogP contribution in [0.5, 0.6) is 0 Å². The molecular weight excluding hydrogens is 263 g/mol. The van der Waals surface area contributed by atoms with Crippen LogP contribution in [0, 0.1) is 29.6 Å². The Labute approximate surface area is 139 Å². The first-order valence-corrected chi connectivity index (χ1v) is 10.7. The Morgan fingerprint density at radius 3 is 1.55 bits per heavy atom. The van der Waals surface area contributed by atoms with Gasteiger partial charge in [0.2, 0.25) is 0 Å². The molecule has 22 heavy (non-hydrogen) atoms. The molecule has 124 valence electrons. The van der Waals surface area contributed by atoms with Crippen LogP contribution in [0.2, 0.25) is 18.0 Å². The second-order valence-corrected chi connectivity index (χ2v) is 9.77. The summed E-state index contributed by atoms with van der Waals surface area (Å²) in [6.07, 6.45) is 18.9. The van der Waals surface area contributed by atoms with Gasteiger partial charge in [0.25, 0.3) is 0 Å². The molecule has 3 atom stereocenters. The summed E-state index contributed by atoms with van der Waals surface area (Å²) >= 11 is 0. The molecule has 6 aliphatic carbocycles. The fourth-order valence-electron chi connectivity index (χ4n) is 7.21. The first kappa shape index (κ1) is 15.6. The summed E-state index contributed by atoms with van der Waals surface area (Å²) in [5.74, 6) is 7.71. The van der Waals surface area contributed by atoms with Crippen LogP contribution in [0.25, 0.3) is 0 Å². The fourth-order valence-corrected chi connectivity index (χ4v) is 7.21. The molecule has 6 aliphatic rings. The molecule has 6 rings (SSSR count). The molecule has 0 radical (unpaired) electrons. The Hall–Kier alpha value is 0.0649. The van der Waals surface area contributed by atoms with Crippen molar-refractivity contribution in [3.63, 3.8) is 0 Å². The van der Waals surface area contributed by atoms with Gasteiger partial charge in [-0.05, 0) is 23.7 Å². The highest BCUT2D eigenvalue weighted by Gasteiger charge is 2.48. The Morgan fingerprint density at radius 1 is 0.773 bits per heavy atom. The fraction of sp³-hybridized carbons (Fsp3) is 1.00. The second kappa shape index (κ2) is 6.52. The molecule has 0 heterocycles. The molecule has 6 saturated carbocycles. The summed E-state index contributed by atoms with van der Waals surface area (Å²) in [4.78, 5) is 0. The number of rotatable bonds is 5. The quantitative estimate of drug-likeness (QED) is 0.496. The van der Waals surface area contributed by atoms with Gasteiger partial charge in [0.05, 0.1) is 0 Å². The highest BCUT2D eigenvalue weighted by atomic mass is 14.4. The lowest BCUT2D eigenvalue weighted by Gasteiger charge is -2.52. The molecular formula is C21H37B. The minimum atomic E-state index is 0.964. The van der Waals surface area contributed by atoms with Gasteiger partial charge in [0, 0.05) is 0 Å². The van der Waals surface area contributed by atoms with Crippen molar-refractivity contribution in [1.29, 1.82) is 0 Å². The zero-order valence-corrected chi connectivity index (χ0v) is 15.1. The van der Waals surface area contributed by atoms with Crippen LogP contribution in [-0.4, -0.2) is 6.71 Å². The van der Waals surface area contributed by atoms with Crippen molar-refractivity contribution < 1.29 is 0 Å². The van der Waals surface area contributed by atoms with Gasteiger partial charge < -0.3 is 0 Å². The molecule has 0 aromatic rings. The van der Waals surface area contributed by atoms with Crippen LogP contribution in [0.15, 0.2) is 0 Å². The van der Waals surface area contributed by atoms with Gasteiger partial charge in [-0.25, -0.2) is 0 Å². The van der Waals surface area contributed by atoms with E-state index in [2.05, 4.69) is 13.8 Å². The minimum absolute atomic E-state index is 0.964. The summed E-state index contributed by atoms with van der Waals surface area (Å²) in [5, 5.41) is 0. The Kier molecular flexibility index (Phi) is 4.62. The number of hydrogen-bond donors (Lipinski definition) is 0. The predicted molar refractivity (Wildman–Crippen MR) is 97.6 cm³/mol. The zero-order chi connectivity index (χ0) is 15.1. The third-order valence-electron chi connectivity index (χ3n) is 8.68. The molecule has 0 saturated heterocycles. The van der Waals surface area contributed by atoms with E-state index in [0.29, 0.717) is 0 Å². The first-order chi connectivity index (χ1) is 10.7. The van der Waals surface area contributed by atoms with Crippen LogP contribution in [0.3, 0.4) is 0 Å². The van der Waals surface area contributed by atoms with E-state index < -0.39 is 0 Å². The van der Waals surface area contributed by atoms with Crippen LogP contribution < -0.4 is 0 Å². The standard InChI is InChI=1S/C21H37B/c1-3-15(2)14-22(20-12-16-4-8-18(20)9-5-16)21-13-17-6-10-19(21)11-7-17/h15-21H,3-14H2,1-2H3/t15?,16?,17?,18?,19?,20-,21-/m0/s1. The number of hydrogen-bond acceptors (Lipinski definition) is 0. The molecule has 0 aromatic carbocycles. The minimum Gasteiger partial charge on any atom is -0.0711 e. The normalized spacial score (nSPS) is 45.0. The molecule has 4 bridgehead atoms. The monoisotopic (exact) mass is 300 g/mol. The maximum absolute atomic E-state index is 2.54. The summed E-state index contributed by atoms with van der Waals surface area (Å²) in [5.41, 5.74) is 0. The van der Waals surface area contributed by atoms with E-state index in [9.17, 15) is 0 Å². The molecule has 0 aliphatic heterocycles. The van der Waals surface area contributed by atoms with Crippen LogP contribution in [0.4, 0.5) is 0 Å². The maximum Gasteiger partial charge on any atom is 0.147 e. The molecule has 0 N–H and O–H groups in total. The Bertz CT molecular complexity index is 332. The molecule has 0 nitrogen and oxygen atoms in total. The van der Waals surface area contributed by atoms with E-state index in [1.165, 1.54) is 6.42 Å². The van der Waals surface area contributed by atoms with Crippen LogP contribution in [-0.2, 0) is 0 Å².